The summed E-state index contributed by atoms with van der Waals surface area (Å²) >= 11 is 1.38. The average Bonchev–Trinajstić information content (AvgIpc) is 3.13. The minimum Gasteiger partial charge on any atom is -0.354 e. The lowest BCUT2D eigenvalue weighted by Crippen LogP contribution is -2.11. The Bertz CT molecular complexity index is 859. The molecule has 0 aliphatic rings. The summed E-state index contributed by atoms with van der Waals surface area (Å²) in [5, 5.41) is 10.5. The fourth-order valence-corrected chi connectivity index (χ4v) is 2.75. The van der Waals surface area contributed by atoms with Crippen LogP contribution < -0.4 is 16.0 Å². The van der Waals surface area contributed by atoms with Crippen LogP contribution in [-0.4, -0.2) is 16.8 Å². The fourth-order valence-electron chi connectivity index (χ4n) is 2.13. The first-order valence-corrected chi connectivity index (χ1v) is 8.44. The first kappa shape index (κ1) is 16.7. The predicted molar refractivity (Wildman–Crippen MR) is 101 cm³/mol. The van der Waals surface area contributed by atoms with Crippen LogP contribution in [0.15, 0.2) is 60.1 Å². The lowest BCUT2D eigenvalue weighted by atomic mass is 10.2. The van der Waals surface area contributed by atoms with Gasteiger partial charge in [-0.2, -0.15) is 0 Å². The number of nitrogens with zero attached hydrogens (tertiary/aromatic N) is 1. The molecule has 0 aliphatic carbocycles. The lowest BCUT2D eigenvalue weighted by Gasteiger charge is -2.09. The molecule has 0 aliphatic heterocycles. The molecule has 25 heavy (non-hydrogen) atoms. The van der Waals surface area contributed by atoms with Gasteiger partial charge >= 0.3 is 0 Å². The van der Waals surface area contributed by atoms with Gasteiger partial charge in [-0.3, -0.25) is 9.59 Å². The van der Waals surface area contributed by atoms with Crippen LogP contribution in [0.1, 0.15) is 16.6 Å². The first-order valence-electron chi connectivity index (χ1n) is 7.56. The Morgan fingerprint density at radius 1 is 0.920 bits per heavy atom. The number of carbonyl (C=O) groups excluding carboxylic acids is 2. The quantitative estimate of drug-likeness (QED) is 0.646. The molecule has 3 N–H and O–H groups in total. The molecule has 0 radical (unpaired) electrons. The number of anilines is 4. The van der Waals surface area contributed by atoms with Crippen molar-refractivity contribution < 1.29 is 9.59 Å². The second-order valence-electron chi connectivity index (χ2n) is 5.25. The van der Waals surface area contributed by atoms with Gasteiger partial charge < -0.3 is 16.0 Å². The van der Waals surface area contributed by atoms with Gasteiger partial charge in [0.15, 0.2) is 0 Å². The van der Waals surface area contributed by atoms with Crippen LogP contribution in [-0.2, 0) is 4.79 Å². The van der Waals surface area contributed by atoms with Crippen LogP contribution in [0.2, 0.25) is 0 Å². The van der Waals surface area contributed by atoms with Gasteiger partial charge in [0.2, 0.25) is 5.91 Å². The topological polar surface area (TPSA) is 83.1 Å². The molecular weight excluding hydrogens is 336 g/mol. The minimum absolute atomic E-state index is 0.106. The monoisotopic (exact) mass is 352 g/mol. The Kier molecular flexibility index (Phi) is 5.06. The van der Waals surface area contributed by atoms with Crippen molar-refractivity contribution in [3.8, 4) is 0 Å². The van der Waals surface area contributed by atoms with E-state index in [-0.39, 0.29) is 11.8 Å². The molecule has 0 saturated heterocycles. The standard InChI is InChI=1S/C18H16N4O2S/c1-12(23)20-13-4-6-14(7-5-13)21-15-8-9-17(19-11-15)22-18(24)16-3-2-10-25-16/h2-11,21H,1H3,(H,20,23)(H,19,22,24). The summed E-state index contributed by atoms with van der Waals surface area (Å²) in [6.07, 6.45) is 1.64. The maximum Gasteiger partial charge on any atom is 0.266 e. The molecule has 3 aromatic rings. The van der Waals surface area contributed by atoms with E-state index in [0.717, 1.165) is 17.1 Å². The molecule has 0 fully saturated rings. The Labute approximate surface area is 148 Å². The molecule has 7 heteroatoms. The van der Waals surface area contributed by atoms with Gasteiger partial charge in [0.25, 0.3) is 5.91 Å². The normalized spacial score (nSPS) is 10.1. The van der Waals surface area contributed by atoms with Crippen LogP contribution in [0.4, 0.5) is 22.9 Å². The highest BCUT2D eigenvalue weighted by molar-refractivity contribution is 7.12. The van der Waals surface area contributed by atoms with Gasteiger partial charge in [0, 0.05) is 18.3 Å². The van der Waals surface area contributed by atoms with Crippen LogP contribution >= 0.6 is 11.3 Å². The molecule has 1 aromatic carbocycles. The summed E-state index contributed by atoms with van der Waals surface area (Å²) in [6.45, 7) is 1.47. The van der Waals surface area contributed by atoms with Gasteiger partial charge in [0.05, 0.1) is 16.8 Å². The zero-order valence-corrected chi connectivity index (χ0v) is 14.3. The molecule has 2 aromatic heterocycles. The highest BCUT2D eigenvalue weighted by atomic mass is 32.1. The molecular formula is C18H16N4O2S. The molecule has 2 heterocycles. The highest BCUT2D eigenvalue weighted by Gasteiger charge is 2.07. The van der Waals surface area contributed by atoms with Gasteiger partial charge in [-0.25, -0.2) is 4.98 Å². The molecule has 3 rings (SSSR count). The van der Waals surface area contributed by atoms with Crippen molar-refractivity contribution >= 4 is 46.0 Å². The van der Waals surface area contributed by atoms with Gasteiger partial charge in [-0.05, 0) is 47.8 Å². The number of hydrogen-bond donors (Lipinski definition) is 3. The van der Waals surface area contributed by atoms with Crippen molar-refractivity contribution in [2.45, 2.75) is 6.92 Å². The molecule has 0 spiro atoms. The summed E-state index contributed by atoms with van der Waals surface area (Å²) in [5.41, 5.74) is 2.40. The Morgan fingerprint density at radius 3 is 2.24 bits per heavy atom. The molecule has 0 saturated carbocycles. The predicted octanol–water partition coefficient (Wildman–Crippen LogP) is 4.10. The van der Waals surface area contributed by atoms with E-state index in [2.05, 4.69) is 20.9 Å². The summed E-state index contributed by atoms with van der Waals surface area (Å²) in [4.78, 5) is 27.9. The number of aromatic nitrogens is 1. The fraction of sp³-hybridized carbons (Fsp3) is 0.0556. The lowest BCUT2D eigenvalue weighted by molar-refractivity contribution is -0.114. The van der Waals surface area contributed by atoms with Crippen molar-refractivity contribution in [1.82, 2.24) is 4.98 Å². The van der Waals surface area contributed by atoms with Crippen LogP contribution in [0.3, 0.4) is 0 Å². The SMILES string of the molecule is CC(=O)Nc1ccc(Nc2ccc(NC(=O)c3cccs3)nc2)cc1. The third-order valence-electron chi connectivity index (χ3n) is 3.24. The number of benzene rings is 1. The Balaban J connectivity index is 1.60. The molecule has 126 valence electrons. The third kappa shape index (κ3) is 4.65. The summed E-state index contributed by atoms with van der Waals surface area (Å²) < 4.78 is 0. The molecule has 0 unspecified atom stereocenters. The van der Waals surface area contributed by atoms with E-state index in [1.54, 1.807) is 18.3 Å². The Hall–Kier alpha value is -3.19. The second-order valence-corrected chi connectivity index (χ2v) is 6.19. The van der Waals surface area contributed by atoms with Crippen LogP contribution in [0.5, 0.6) is 0 Å². The first-order chi connectivity index (χ1) is 12.1. The summed E-state index contributed by atoms with van der Waals surface area (Å²) in [7, 11) is 0. The van der Waals surface area contributed by atoms with E-state index in [0.29, 0.717) is 10.7 Å². The molecule has 0 atom stereocenters. The van der Waals surface area contributed by atoms with E-state index < -0.39 is 0 Å². The smallest absolute Gasteiger partial charge is 0.266 e. The number of rotatable bonds is 5. The van der Waals surface area contributed by atoms with Gasteiger partial charge in [0.1, 0.15) is 5.82 Å². The van der Waals surface area contributed by atoms with E-state index in [1.807, 2.05) is 41.8 Å². The van der Waals surface area contributed by atoms with Crippen molar-refractivity contribution in [3.63, 3.8) is 0 Å². The van der Waals surface area contributed by atoms with Crippen molar-refractivity contribution in [1.29, 1.82) is 0 Å². The zero-order chi connectivity index (χ0) is 17.6. The summed E-state index contributed by atoms with van der Waals surface area (Å²) in [5.74, 6) is 0.215. The van der Waals surface area contributed by atoms with Crippen molar-refractivity contribution in [3.05, 3.63) is 65.0 Å². The largest absolute Gasteiger partial charge is 0.354 e. The number of nitrogens with one attached hydrogen (secondary N) is 3. The number of amides is 2. The van der Waals surface area contributed by atoms with Crippen LogP contribution in [0, 0.1) is 0 Å². The maximum atomic E-state index is 12.0. The second kappa shape index (κ2) is 7.59. The Morgan fingerprint density at radius 2 is 1.64 bits per heavy atom. The van der Waals surface area contributed by atoms with Gasteiger partial charge in [-0.15, -0.1) is 11.3 Å². The third-order valence-corrected chi connectivity index (χ3v) is 4.11. The number of hydrogen-bond acceptors (Lipinski definition) is 5. The molecule has 0 bridgehead atoms. The molecule has 6 nitrogen and oxygen atoms in total. The van der Waals surface area contributed by atoms with Gasteiger partial charge in [-0.1, -0.05) is 6.07 Å². The number of carbonyl (C=O) groups is 2. The number of thiophene rings is 1. The highest BCUT2D eigenvalue weighted by Crippen LogP contribution is 2.20. The van der Waals surface area contributed by atoms with E-state index in [1.165, 1.54) is 18.3 Å². The average molecular weight is 352 g/mol. The minimum atomic E-state index is -0.170. The maximum absolute atomic E-state index is 12.0. The van der Waals surface area contributed by atoms with E-state index in [4.69, 9.17) is 0 Å². The van der Waals surface area contributed by atoms with E-state index in [9.17, 15) is 9.59 Å². The number of pyridine rings is 1. The summed E-state index contributed by atoms with van der Waals surface area (Å²) in [6, 6.07) is 14.5. The van der Waals surface area contributed by atoms with Crippen molar-refractivity contribution in [2.75, 3.05) is 16.0 Å². The van der Waals surface area contributed by atoms with Crippen LogP contribution in [0.25, 0.3) is 0 Å². The molecule has 2 amide bonds. The zero-order valence-electron chi connectivity index (χ0n) is 13.4. The van der Waals surface area contributed by atoms with E-state index >= 15 is 0 Å². The van der Waals surface area contributed by atoms with Crippen molar-refractivity contribution in [2.24, 2.45) is 0 Å².